The van der Waals surface area contributed by atoms with Gasteiger partial charge < -0.3 is 9.88 Å². The lowest BCUT2D eigenvalue weighted by molar-refractivity contribution is 0.118. The summed E-state index contributed by atoms with van der Waals surface area (Å²) < 4.78 is 0. The van der Waals surface area contributed by atoms with Crippen LogP contribution >= 0.6 is 0 Å². The number of para-hydroxylation sites is 1. The maximum Gasteiger partial charge on any atom is 0.0456 e. The van der Waals surface area contributed by atoms with E-state index >= 15 is 0 Å². The van der Waals surface area contributed by atoms with Crippen molar-refractivity contribution in [3.63, 3.8) is 0 Å². The number of nitrogens with one attached hydrogen (secondary N) is 1. The largest absolute Gasteiger partial charge is 0.361 e. The highest BCUT2D eigenvalue weighted by Gasteiger charge is 2.25. The molecular formula is C30H35N3. The van der Waals surface area contributed by atoms with E-state index in [4.69, 9.17) is 0 Å². The third kappa shape index (κ3) is 5.38. The van der Waals surface area contributed by atoms with Crippen molar-refractivity contribution in [3.05, 3.63) is 108 Å². The van der Waals surface area contributed by atoms with Crippen LogP contribution in [0.5, 0.6) is 0 Å². The summed E-state index contributed by atoms with van der Waals surface area (Å²) in [5, 5.41) is 1.40. The van der Waals surface area contributed by atoms with Gasteiger partial charge in [-0.3, -0.25) is 4.90 Å². The summed E-state index contributed by atoms with van der Waals surface area (Å²) in [7, 11) is 0. The van der Waals surface area contributed by atoms with E-state index in [1.54, 1.807) is 0 Å². The second-order valence-electron chi connectivity index (χ2n) is 9.59. The van der Waals surface area contributed by atoms with E-state index in [1.165, 1.54) is 53.5 Å². The average molecular weight is 438 g/mol. The third-order valence-electron chi connectivity index (χ3n) is 7.25. The zero-order valence-electron chi connectivity index (χ0n) is 19.7. The SMILES string of the molecule is CC(CN1CCC(c2c[nH]c3ccccc23)CC1)N(Cc1ccccc1)Cc1ccccc1. The Labute approximate surface area is 198 Å². The number of fused-ring (bicyclic) bond motifs is 1. The van der Waals surface area contributed by atoms with Gasteiger partial charge in [0, 0.05) is 42.8 Å². The number of benzene rings is 3. The smallest absolute Gasteiger partial charge is 0.0456 e. The van der Waals surface area contributed by atoms with Crippen molar-refractivity contribution in [2.75, 3.05) is 19.6 Å². The molecule has 3 nitrogen and oxygen atoms in total. The molecule has 1 atom stereocenters. The Morgan fingerprint density at radius 3 is 2.03 bits per heavy atom. The molecule has 1 saturated heterocycles. The Balaban J connectivity index is 1.22. The van der Waals surface area contributed by atoms with Crippen molar-refractivity contribution in [1.82, 2.24) is 14.8 Å². The first-order chi connectivity index (χ1) is 16.3. The van der Waals surface area contributed by atoms with Gasteiger partial charge in [-0.1, -0.05) is 78.9 Å². The van der Waals surface area contributed by atoms with Crippen LogP contribution in [0.15, 0.2) is 91.1 Å². The molecule has 0 bridgehead atoms. The van der Waals surface area contributed by atoms with E-state index in [0.29, 0.717) is 12.0 Å². The second-order valence-corrected chi connectivity index (χ2v) is 9.59. The van der Waals surface area contributed by atoms with Gasteiger partial charge in [0.1, 0.15) is 0 Å². The number of nitrogens with zero attached hydrogens (tertiary/aromatic N) is 2. The number of hydrogen-bond acceptors (Lipinski definition) is 2. The number of H-pyrrole nitrogens is 1. The first-order valence-corrected chi connectivity index (χ1v) is 12.4. The van der Waals surface area contributed by atoms with Crippen LogP contribution in [0.1, 0.15) is 42.4 Å². The molecule has 1 fully saturated rings. The minimum atomic E-state index is 0.495. The van der Waals surface area contributed by atoms with Crippen molar-refractivity contribution in [1.29, 1.82) is 0 Å². The Bertz CT molecular complexity index is 1090. The second kappa shape index (κ2) is 10.4. The molecule has 3 aromatic carbocycles. The lowest BCUT2D eigenvalue weighted by Crippen LogP contribution is -2.44. The molecule has 0 saturated carbocycles. The summed E-state index contributed by atoms with van der Waals surface area (Å²) in [4.78, 5) is 8.78. The Morgan fingerprint density at radius 2 is 1.39 bits per heavy atom. The van der Waals surface area contributed by atoms with Gasteiger partial charge in [0.25, 0.3) is 0 Å². The number of likely N-dealkylation sites (tertiary alicyclic amines) is 1. The van der Waals surface area contributed by atoms with Crippen molar-refractivity contribution < 1.29 is 0 Å². The van der Waals surface area contributed by atoms with Crippen LogP contribution in [0, 0.1) is 0 Å². The van der Waals surface area contributed by atoms with Crippen LogP contribution in [0.4, 0.5) is 0 Å². The number of hydrogen-bond donors (Lipinski definition) is 1. The molecule has 0 aliphatic carbocycles. The maximum atomic E-state index is 3.47. The summed E-state index contributed by atoms with van der Waals surface area (Å²) in [6, 6.07) is 31.0. The van der Waals surface area contributed by atoms with E-state index in [-0.39, 0.29) is 0 Å². The first-order valence-electron chi connectivity index (χ1n) is 12.4. The van der Waals surface area contributed by atoms with E-state index in [9.17, 15) is 0 Å². The van der Waals surface area contributed by atoms with Gasteiger partial charge in [-0.2, -0.15) is 0 Å². The summed E-state index contributed by atoms with van der Waals surface area (Å²) in [6.45, 7) is 7.86. The van der Waals surface area contributed by atoms with Crippen LogP contribution in [-0.4, -0.2) is 40.5 Å². The molecule has 0 amide bonds. The maximum absolute atomic E-state index is 3.47. The van der Waals surface area contributed by atoms with Crippen LogP contribution < -0.4 is 0 Å². The number of rotatable bonds is 8. The average Bonchev–Trinajstić information content (AvgIpc) is 3.30. The van der Waals surface area contributed by atoms with Crippen LogP contribution in [-0.2, 0) is 13.1 Å². The Kier molecular flexibility index (Phi) is 6.89. The van der Waals surface area contributed by atoms with Crippen LogP contribution in [0.2, 0.25) is 0 Å². The molecule has 1 unspecified atom stereocenters. The fourth-order valence-corrected chi connectivity index (χ4v) is 5.35. The molecule has 0 radical (unpaired) electrons. The highest BCUT2D eigenvalue weighted by Crippen LogP contribution is 2.33. The van der Waals surface area contributed by atoms with E-state index in [0.717, 1.165) is 19.6 Å². The molecule has 1 aliphatic rings. The van der Waals surface area contributed by atoms with Gasteiger partial charge in [-0.05, 0) is 61.5 Å². The van der Waals surface area contributed by atoms with E-state index in [2.05, 4.69) is 113 Å². The standard InChI is InChI=1S/C30H35N3/c1-24(33(22-25-10-4-2-5-11-25)23-26-12-6-3-7-13-26)21-32-18-16-27(17-19-32)29-20-31-30-15-9-8-14-28(29)30/h2-15,20,24,27,31H,16-19,21-23H2,1H3. The summed E-state index contributed by atoms with van der Waals surface area (Å²) in [5.74, 6) is 0.664. The number of piperidine rings is 1. The number of aromatic amines is 1. The predicted molar refractivity (Wildman–Crippen MR) is 138 cm³/mol. The van der Waals surface area contributed by atoms with Gasteiger partial charge in [-0.15, -0.1) is 0 Å². The van der Waals surface area contributed by atoms with Gasteiger partial charge in [0.15, 0.2) is 0 Å². The lowest BCUT2D eigenvalue weighted by Gasteiger charge is -2.37. The Morgan fingerprint density at radius 1 is 0.818 bits per heavy atom. The van der Waals surface area contributed by atoms with Crippen molar-refractivity contribution in [2.45, 2.75) is 44.8 Å². The minimum absolute atomic E-state index is 0.495. The van der Waals surface area contributed by atoms with Crippen molar-refractivity contribution in [2.24, 2.45) is 0 Å². The molecular weight excluding hydrogens is 402 g/mol. The summed E-state index contributed by atoms with van der Waals surface area (Å²) in [5.41, 5.74) is 5.55. The molecule has 1 N–H and O–H groups in total. The van der Waals surface area contributed by atoms with Crippen molar-refractivity contribution >= 4 is 10.9 Å². The molecule has 5 rings (SSSR count). The highest BCUT2D eigenvalue weighted by molar-refractivity contribution is 5.83. The molecule has 4 aromatic rings. The third-order valence-corrected chi connectivity index (χ3v) is 7.25. The number of aromatic nitrogens is 1. The normalized spacial score (nSPS) is 16.4. The van der Waals surface area contributed by atoms with Gasteiger partial charge in [0.05, 0.1) is 0 Å². The molecule has 170 valence electrons. The van der Waals surface area contributed by atoms with E-state index < -0.39 is 0 Å². The molecule has 33 heavy (non-hydrogen) atoms. The molecule has 2 heterocycles. The molecule has 0 spiro atoms. The van der Waals surface area contributed by atoms with Crippen LogP contribution in [0.3, 0.4) is 0 Å². The van der Waals surface area contributed by atoms with E-state index in [1.807, 2.05) is 0 Å². The summed E-state index contributed by atoms with van der Waals surface area (Å²) in [6.07, 6.45) is 4.73. The van der Waals surface area contributed by atoms with Gasteiger partial charge >= 0.3 is 0 Å². The monoisotopic (exact) mass is 437 g/mol. The molecule has 1 aromatic heterocycles. The molecule has 1 aliphatic heterocycles. The zero-order valence-corrected chi connectivity index (χ0v) is 19.7. The highest BCUT2D eigenvalue weighted by atomic mass is 15.2. The summed E-state index contributed by atoms with van der Waals surface area (Å²) >= 11 is 0. The topological polar surface area (TPSA) is 22.3 Å². The van der Waals surface area contributed by atoms with Gasteiger partial charge in [0.2, 0.25) is 0 Å². The quantitative estimate of drug-likeness (QED) is 0.343. The lowest BCUT2D eigenvalue weighted by atomic mass is 9.89. The fraction of sp³-hybridized carbons (Fsp3) is 0.333. The van der Waals surface area contributed by atoms with Crippen LogP contribution in [0.25, 0.3) is 10.9 Å². The first kappa shape index (κ1) is 21.9. The van der Waals surface area contributed by atoms with Gasteiger partial charge in [-0.25, -0.2) is 0 Å². The fourth-order valence-electron chi connectivity index (χ4n) is 5.35. The van der Waals surface area contributed by atoms with Crippen molar-refractivity contribution in [3.8, 4) is 0 Å². The Hall–Kier alpha value is -2.88. The minimum Gasteiger partial charge on any atom is -0.361 e. The predicted octanol–water partition coefficient (Wildman–Crippen LogP) is 6.44. The molecule has 3 heteroatoms. The zero-order chi connectivity index (χ0) is 22.5.